The Balaban J connectivity index is 2.36. The van der Waals surface area contributed by atoms with Crippen molar-refractivity contribution >= 4 is 38.9 Å². The summed E-state index contributed by atoms with van der Waals surface area (Å²) < 4.78 is 33.1. The van der Waals surface area contributed by atoms with E-state index in [1.54, 1.807) is 44.2 Å². The third-order valence-corrected chi connectivity index (χ3v) is 4.89. The fraction of sp³-hybridized carbons (Fsp3) is 0.167. The molecule has 0 atom stereocenters. The van der Waals surface area contributed by atoms with Crippen molar-refractivity contribution < 1.29 is 17.9 Å². The van der Waals surface area contributed by atoms with E-state index in [1.165, 1.54) is 25.3 Å². The highest BCUT2D eigenvalue weighted by Crippen LogP contribution is 2.29. The molecule has 6 nitrogen and oxygen atoms in total. The molecule has 0 aliphatic heterocycles. The van der Waals surface area contributed by atoms with Gasteiger partial charge < -0.3 is 10.1 Å². The second-order valence-electron chi connectivity index (χ2n) is 5.69. The molecule has 0 saturated heterocycles. The smallest absolute Gasteiger partial charge is 0.265 e. The summed E-state index contributed by atoms with van der Waals surface area (Å²) in [6.45, 7) is 3.58. The molecule has 2 aromatic carbocycles. The van der Waals surface area contributed by atoms with Gasteiger partial charge in [0.25, 0.3) is 10.0 Å². The van der Waals surface area contributed by atoms with Gasteiger partial charge in [0.2, 0.25) is 5.91 Å². The van der Waals surface area contributed by atoms with Crippen LogP contribution in [0.5, 0.6) is 5.75 Å². The average molecular weight is 395 g/mol. The maximum absolute atomic E-state index is 12.7. The predicted octanol–water partition coefficient (Wildman–Crippen LogP) is 4.05. The lowest BCUT2D eigenvalue weighted by Gasteiger charge is -2.13. The summed E-state index contributed by atoms with van der Waals surface area (Å²) in [6.07, 6.45) is 1.42. The highest BCUT2D eigenvalue weighted by Gasteiger charge is 2.21. The molecule has 0 aromatic heterocycles. The van der Waals surface area contributed by atoms with Crippen LogP contribution < -0.4 is 14.8 Å². The van der Waals surface area contributed by atoms with Crippen molar-refractivity contribution in [3.8, 4) is 5.75 Å². The molecule has 2 aromatic rings. The summed E-state index contributed by atoms with van der Waals surface area (Å²) in [6, 6.07) is 10.6. The van der Waals surface area contributed by atoms with Crippen LogP contribution in [0.25, 0.3) is 0 Å². The number of allylic oxidation sites excluding steroid dienone is 1. The first kappa shape index (κ1) is 19.8. The minimum Gasteiger partial charge on any atom is -0.495 e. The van der Waals surface area contributed by atoms with Gasteiger partial charge in [-0.15, -0.1) is 0 Å². The Labute approximate surface area is 157 Å². The molecule has 0 bridgehead atoms. The van der Waals surface area contributed by atoms with Crippen LogP contribution >= 0.6 is 11.6 Å². The Morgan fingerprint density at radius 2 is 1.69 bits per heavy atom. The zero-order valence-corrected chi connectivity index (χ0v) is 16.1. The summed E-state index contributed by atoms with van der Waals surface area (Å²) in [5, 5.41) is 3.12. The third kappa shape index (κ3) is 5.24. The van der Waals surface area contributed by atoms with E-state index in [4.69, 9.17) is 16.3 Å². The van der Waals surface area contributed by atoms with E-state index in [0.29, 0.717) is 16.4 Å². The monoisotopic (exact) mass is 394 g/mol. The van der Waals surface area contributed by atoms with Gasteiger partial charge in [-0.25, -0.2) is 8.42 Å². The normalized spacial score (nSPS) is 10.8. The summed E-state index contributed by atoms with van der Waals surface area (Å²) >= 11 is 5.81. The van der Waals surface area contributed by atoms with Gasteiger partial charge in [-0.2, -0.15) is 0 Å². The maximum Gasteiger partial charge on any atom is 0.265 e. The van der Waals surface area contributed by atoms with Crippen molar-refractivity contribution in [2.45, 2.75) is 18.7 Å². The van der Waals surface area contributed by atoms with E-state index in [-0.39, 0.29) is 16.6 Å². The topological polar surface area (TPSA) is 84.5 Å². The fourth-order valence-corrected chi connectivity index (χ4v) is 3.51. The first-order valence-electron chi connectivity index (χ1n) is 7.63. The first-order valence-corrected chi connectivity index (χ1v) is 9.49. The molecule has 8 heteroatoms. The van der Waals surface area contributed by atoms with Crippen LogP contribution in [-0.2, 0) is 14.8 Å². The van der Waals surface area contributed by atoms with Crippen molar-refractivity contribution in [2.75, 3.05) is 17.1 Å². The number of amides is 1. The van der Waals surface area contributed by atoms with Crippen molar-refractivity contribution in [2.24, 2.45) is 0 Å². The van der Waals surface area contributed by atoms with E-state index in [0.717, 1.165) is 5.57 Å². The number of anilines is 2. The highest BCUT2D eigenvalue weighted by atomic mass is 35.5. The van der Waals surface area contributed by atoms with Crippen LogP contribution in [0.15, 0.2) is 59.0 Å². The van der Waals surface area contributed by atoms with E-state index in [1.807, 2.05) is 0 Å². The highest BCUT2D eigenvalue weighted by molar-refractivity contribution is 7.92. The molecule has 2 N–H and O–H groups in total. The minimum absolute atomic E-state index is 0.0926. The third-order valence-electron chi connectivity index (χ3n) is 3.24. The summed E-state index contributed by atoms with van der Waals surface area (Å²) in [7, 11) is -2.56. The van der Waals surface area contributed by atoms with Crippen molar-refractivity contribution in [1.29, 1.82) is 0 Å². The van der Waals surface area contributed by atoms with Gasteiger partial charge in [0.05, 0.1) is 7.11 Å². The minimum atomic E-state index is -3.94. The maximum atomic E-state index is 12.7. The van der Waals surface area contributed by atoms with Gasteiger partial charge in [-0.05, 0) is 56.3 Å². The molecule has 26 heavy (non-hydrogen) atoms. The number of hydrogen-bond acceptors (Lipinski definition) is 4. The van der Waals surface area contributed by atoms with Gasteiger partial charge in [0.15, 0.2) is 0 Å². The average Bonchev–Trinajstić information content (AvgIpc) is 2.56. The number of benzene rings is 2. The SMILES string of the molecule is COc1ccc(NC(=O)C=C(C)C)cc1S(=O)(=O)Nc1ccc(Cl)cc1. The zero-order valence-electron chi connectivity index (χ0n) is 14.5. The number of hydrogen-bond donors (Lipinski definition) is 2. The summed E-state index contributed by atoms with van der Waals surface area (Å²) in [5.74, 6) is -0.184. The Morgan fingerprint density at radius 1 is 1.08 bits per heavy atom. The van der Waals surface area contributed by atoms with E-state index in [2.05, 4.69) is 10.0 Å². The van der Waals surface area contributed by atoms with Crippen LogP contribution in [0.1, 0.15) is 13.8 Å². The van der Waals surface area contributed by atoms with Gasteiger partial charge in [-0.3, -0.25) is 9.52 Å². The van der Waals surface area contributed by atoms with Crippen molar-refractivity contribution in [3.05, 3.63) is 59.1 Å². The van der Waals surface area contributed by atoms with Gasteiger partial charge in [0, 0.05) is 22.5 Å². The molecule has 2 rings (SSSR count). The van der Waals surface area contributed by atoms with E-state index < -0.39 is 10.0 Å². The lowest BCUT2D eigenvalue weighted by Crippen LogP contribution is -2.15. The molecule has 0 aliphatic rings. The Bertz CT molecular complexity index is 934. The molecular formula is C18H19ClN2O4S. The second-order valence-corrected chi connectivity index (χ2v) is 7.78. The van der Waals surface area contributed by atoms with Gasteiger partial charge >= 0.3 is 0 Å². The fourth-order valence-electron chi connectivity index (χ4n) is 2.13. The number of halogens is 1. The van der Waals surface area contributed by atoms with Gasteiger partial charge in [0.1, 0.15) is 10.6 Å². The predicted molar refractivity (Wildman–Crippen MR) is 103 cm³/mol. The Morgan fingerprint density at radius 3 is 2.27 bits per heavy atom. The Hall–Kier alpha value is -2.51. The first-order chi connectivity index (χ1) is 12.2. The largest absolute Gasteiger partial charge is 0.495 e. The quantitative estimate of drug-likeness (QED) is 0.724. The number of rotatable bonds is 6. The second kappa shape index (κ2) is 8.25. The molecule has 0 unspecified atom stereocenters. The number of sulfonamides is 1. The van der Waals surface area contributed by atoms with Crippen LogP contribution in [0.2, 0.25) is 5.02 Å². The van der Waals surface area contributed by atoms with Crippen LogP contribution in [0.4, 0.5) is 11.4 Å². The number of carbonyl (C=O) groups is 1. The summed E-state index contributed by atoms with van der Waals surface area (Å²) in [4.78, 5) is 11.8. The molecule has 0 saturated carbocycles. The summed E-state index contributed by atoms with van der Waals surface area (Å²) in [5.41, 5.74) is 1.52. The zero-order chi connectivity index (χ0) is 19.3. The van der Waals surface area contributed by atoms with Crippen LogP contribution in [0.3, 0.4) is 0 Å². The lowest BCUT2D eigenvalue weighted by molar-refractivity contribution is -0.111. The molecule has 0 heterocycles. The molecule has 0 radical (unpaired) electrons. The molecule has 0 spiro atoms. The van der Waals surface area contributed by atoms with E-state index in [9.17, 15) is 13.2 Å². The van der Waals surface area contributed by atoms with Gasteiger partial charge in [-0.1, -0.05) is 17.2 Å². The molecule has 0 aliphatic carbocycles. The lowest BCUT2D eigenvalue weighted by atomic mass is 10.2. The molecular weight excluding hydrogens is 376 g/mol. The number of ether oxygens (including phenoxy) is 1. The number of methoxy groups -OCH3 is 1. The van der Waals surface area contributed by atoms with Crippen LogP contribution in [0, 0.1) is 0 Å². The van der Waals surface area contributed by atoms with Crippen molar-refractivity contribution in [1.82, 2.24) is 0 Å². The molecule has 138 valence electrons. The van der Waals surface area contributed by atoms with Crippen molar-refractivity contribution in [3.63, 3.8) is 0 Å². The standard InChI is InChI=1S/C18H19ClN2O4S/c1-12(2)10-18(22)20-15-8-9-16(25-3)17(11-15)26(23,24)21-14-6-4-13(19)5-7-14/h4-11,21H,1-3H3,(H,20,22). The number of nitrogens with one attached hydrogen (secondary N) is 2. The Kier molecular flexibility index (Phi) is 6.28. The molecule has 0 fully saturated rings. The number of carbonyl (C=O) groups excluding carboxylic acids is 1. The van der Waals surface area contributed by atoms with Crippen LogP contribution in [-0.4, -0.2) is 21.4 Å². The molecule has 1 amide bonds. The van der Waals surface area contributed by atoms with E-state index >= 15 is 0 Å².